The lowest BCUT2D eigenvalue weighted by molar-refractivity contribution is 0.113. The lowest BCUT2D eigenvalue weighted by atomic mass is 9.83. The van der Waals surface area contributed by atoms with Crippen LogP contribution in [0.25, 0.3) is 11.4 Å². The topological polar surface area (TPSA) is 76.0 Å². The van der Waals surface area contributed by atoms with Gasteiger partial charge in [0.15, 0.2) is 0 Å². The number of methoxy groups -OCH3 is 1. The second kappa shape index (κ2) is 6.91. The predicted octanol–water partition coefficient (Wildman–Crippen LogP) is 2.26. The van der Waals surface area contributed by atoms with E-state index in [2.05, 4.69) is 25.9 Å². The molecule has 5 heterocycles. The number of imidazole rings is 1. The molecule has 5 rings (SSSR count). The number of fused-ring (bicyclic) bond motifs is 4. The Morgan fingerprint density at radius 3 is 2.96 bits per heavy atom. The first kappa shape index (κ1) is 17.2. The number of H-pyrrole nitrogens is 1. The number of hydrogen-bond acceptors (Lipinski definition) is 5. The van der Waals surface area contributed by atoms with Crippen molar-refractivity contribution in [2.24, 2.45) is 5.92 Å². The van der Waals surface area contributed by atoms with Crippen LogP contribution in [0.4, 0.5) is 0 Å². The molecular formula is C21H23N5O2. The standard InChI is InChI=1S/C21H23N5O2/c1-28-19-4-2-3-16(24-19)13-25-10-14-9-15(12-25)18-6-5-17(20-22-7-8-23-20)21(27)26(18)11-14/h2-8,14-15H,9-13H2,1H3,(H,22,23)/t14-,15+/m0/s1. The molecule has 2 bridgehead atoms. The first-order valence-corrected chi connectivity index (χ1v) is 9.67. The van der Waals surface area contributed by atoms with Crippen molar-refractivity contribution in [2.75, 3.05) is 20.2 Å². The Bertz CT molecular complexity index is 1040. The first-order chi connectivity index (χ1) is 13.7. The van der Waals surface area contributed by atoms with Crippen molar-refractivity contribution in [3.05, 3.63) is 64.5 Å². The molecule has 0 amide bonds. The molecule has 7 nitrogen and oxygen atoms in total. The number of ether oxygens (including phenoxy) is 1. The van der Waals surface area contributed by atoms with Gasteiger partial charge in [-0.15, -0.1) is 0 Å². The average Bonchev–Trinajstić information content (AvgIpc) is 3.23. The first-order valence-electron chi connectivity index (χ1n) is 9.67. The summed E-state index contributed by atoms with van der Waals surface area (Å²) in [5.41, 5.74) is 2.86. The van der Waals surface area contributed by atoms with E-state index in [1.54, 1.807) is 19.5 Å². The van der Waals surface area contributed by atoms with Crippen LogP contribution in [0, 0.1) is 5.92 Å². The maximum absolute atomic E-state index is 13.1. The molecule has 2 aliphatic rings. The number of likely N-dealkylation sites (tertiary alicyclic amines) is 1. The van der Waals surface area contributed by atoms with Crippen molar-refractivity contribution in [3.8, 4) is 17.3 Å². The van der Waals surface area contributed by atoms with Gasteiger partial charge >= 0.3 is 0 Å². The normalized spacial score (nSPS) is 21.3. The highest BCUT2D eigenvalue weighted by molar-refractivity contribution is 5.53. The van der Waals surface area contributed by atoms with Crippen molar-refractivity contribution < 1.29 is 4.74 Å². The zero-order chi connectivity index (χ0) is 19.1. The Morgan fingerprint density at radius 2 is 2.14 bits per heavy atom. The molecule has 2 aliphatic heterocycles. The summed E-state index contributed by atoms with van der Waals surface area (Å²) in [7, 11) is 1.64. The molecule has 7 heteroatoms. The molecule has 0 aromatic carbocycles. The van der Waals surface area contributed by atoms with Gasteiger partial charge in [0, 0.05) is 56.3 Å². The summed E-state index contributed by atoms with van der Waals surface area (Å²) in [6, 6.07) is 9.91. The zero-order valence-corrected chi connectivity index (χ0v) is 15.8. The summed E-state index contributed by atoms with van der Waals surface area (Å²) in [5, 5.41) is 0. The largest absolute Gasteiger partial charge is 0.481 e. The smallest absolute Gasteiger partial charge is 0.261 e. The third-order valence-corrected chi connectivity index (χ3v) is 5.81. The monoisotopic (exact) mass is 377 g/mol. The van der Waals surface area contributed by atoms with Crippen LogP contribution in [0.3, 0.4) is 0 Å². The second-order valence-electron chi connectivity index (χ2n) is 7.69. The van der Waals surface area contributed by atoms with Crippen LogP contribution in [0.5, 0.6) is 5.88 Å². The van der Waals surface area contributed by atoms with E-state index >= 15 is 0 Å². The molecule has 1 N–H and O–H groups in total. The fourth-order valence-corrected chi connectivity index (χ4v) is 4.66. The van der Waals surface area contributed by atoms with Gasteiger partial charge < -0.3 is 14.3 Å². The Balaban J connectivity index is 1.41. The summed E-state index contributed by atoms with van der Waals surface area (Å²) in [6.07, 6.45) is 4.57. The molecule has 0 saturated carbocycles. The molecule has 0 unspecified atom stereocenters. The minimum absolute atomic E-state index is 0.0602. The highest BCUT2D eigenvalue weighted by Crippen LogP contribution is 2.36. The average molecular weight is 377 g/mol. The van der Waals surface area contributed by atoms with Crippen molar-refractivity contribution in [1.29, 1.82) is 0 Å². The quantitative estimate of drug-likeness (QED) is 0.755. The number of rotatable bonds is 4. The molecular weight excluding hydrogens is 354 g/mol. The predicted molar refractivity (Wildman–Crippen MR) is 105 cm³/mol. The van der Waals surface area contributed by atoms with Crippen LogP contribution in [0.15, 0.2) is 47.5 Å². The van der Waals surface area contributed by atoms with Gasteiger partial charge in [-0.05, 0) is 30.5 Å². The van der Waals surface area contributed by atoms with Gasteiger partial charge in [0.1, 0.15) is 5.82 Å². The maximum Gasteiger partial charge on any atom is 0.261 e. The van der Waals surface area contributed by atoms with Crippen LogP contribution in [-0.2, 0) is 13.1 Å². The number of nitrogens with zero attached hydrogens (tertiary/aromatic N) is 4. The maximum atomic E-state index is 13.1. The van der Waals surface area contributed by atoms with Crippen molar-refractivity contribution in [2.45, 2.75) is 25.4 Å². The van der Waals surface area contributed by atoms with E-state index in [0.29, 0.717) is 29.1 Å². The third kappa shape index (κ3) is 3.01. The van der Waals surface area contributed by atoms with E-state index in [0.717, 1.165) is 44.0 Å². The van der Waals surface area contributed by atoms with E-state index in [1.165, 1.54) is 0 Å². The van der Waals surface area contributed by atoms with E-state index in [4.69, 9.17) is 4.74 Å². The Kier molecular flexibility index (Phi) is 4.24. The number of aromatic nitrogens is 4. The molecule has 144 valence electrons. The van der Waals surface area contributed by atoms with E-state index < -0.39 is 0 Å². The van der Waals surface area contributed by atoms with Gasteiger partial charge in [-0.1, -0.05) is 6.07 Å². The number of pyridine rings is 2. The van der Waals surface area contributed by atoms with Gasteiger partial charge in [-0.3, -0.25) is 9.69 Å². The minimum atomic E-state index is 0.0602. The van der Waals surface area contributed by atoms with E-state index in [1.807, 2.05) is 28.8 Å². The molecule has 0 aliphatic carbocycles. The van der Waals surface area contributed by atoms with Crippen molar-refractivity contribution in [1.82, 2.24) is 24.4 Å². The van der Waals surface area contributed by atoms with Gasteiger partial charge in [0.25, 0.3) is 5.56 Å². The molecule has 2 atom stereocenters. The lowest BCUT2D eigenvalue weighted by Crippen LogP contribution is -2.47. The van der Waals surface area contributed by atoms with Crippen LogP contribution >= 0.6 is 0 Å². The molecule has 1 saturated heterocycles. The molecule has 3 aromatic rings. The minimum Gasteiger partial charge on any atom is -0.481 e. The molecule has 3 aromatic heterocycles. The fraction of sp³-hybridized carbons (Fsp3) is 0.381. The Morgan fingerprint density at radius 1 is 1.21 bits per heavy atom. The lowest BCUT2D eigenvalue weighted by Gasteiger charge is -2.42. The molecule has 0 radical (unpaired) electrons. The van der Waals surface area contributed by atoms with E-state index in [9.17, 15) is 4.79 Å². The van der Waals surface area contributed by atoms with Gasteiger partial charge in [0.05, 0.1) is 18.4 Å². The third-order valence-electron chi connectivity index (χ3n) is 5.81. The number of hydrogen-bond donors (Lipinski definition) is 1. The number of piperidine rings is 1. The van der Waals surface area contributed by atoms with Crippen LogP contribution < -0.4 is 10.3 Å². The molecule has 28 heavy (non-hydrogen) atoms. The Hall–Kier alpha value is -2.93. The molecule has 1 fully saturated rings. The second-order valence-corrected chi connectivity index (χ2v) is 7.69. The van der Waals surface area contributed by atoms with Crippen molar-refractivity contribution in [3.63, 3.8) is 0 Å². The summed E-state index contributed by atoms with van der Waals surface area (Å²) < 4.78 is 7.21. The fourth-order valence-electron chi connectivity index (χ4n) is 4.66. The summed E-state index contributed by atoms with van der Waals surface area (Å²) in [4.78, 5) is 27.3. The Labute approximate surface area is 163 Å². The summed E-state index contributed by atoms with van der Waals surface area (Å²) in [6.45, 7) is 3.49. The zero-order valence-electron chi connectivity index (χ0n) is 15.8. The van der Waals surface area contributed by atoms with Gasteiger partial charge in [-0.25, -0.2) is 9.97 Å². The van der Waals surface area contributed by atoms with Crippen LogP contribution in [-0.4, -0.2) is 44.6 Å². The summed E-state index contributed by atoms with van der Waals surface area (Å²) >= 11 is 0. The summed E-state index contributed by atoms with van der Waals surface area (Å²) in [5.74, 6) is 2.14. The van der Waals surface area contributed by atoms with E-state index in [-0.39, 0.29) is 5.56 Å². The van der Waals surface area contributed by atoms with Crippen LogP contribution in [0.1, 0.15) is 23.7 Å². The van der Waals surface area contributed by atoms with Gasteiger partial charge in [-0.2, -0.15) is 0 Å². The highest BCUT2D eigenvalue weighted by atomic mass is 16.5. The number of nitrogens with one attached hydrogen (secondary N) is 1. The molecule has 0 spiro atoms. The SMILES string of the molecule is COc1cccc(CN2C[C@@H]3C[C@H](C2)c2ccc(-c4ncc[nH]4)c(=O)n2C3)n1. The highest BCUT2D eigenvalue weighted by Gasteiger charge is 2.35. The van der Waals surface area contributed by atoms with Crippen molar-refractivity contribution >= 4 is 0 Å². The number of aromatic amines is 1. The van der Waals surface area contributed by atoms with Gasteiger partial charge in [0.2, 0.25) is 5.88 Å². The van der Waals surface area contributed by atoms with Crippen LogP contribution in [0.2, 0.25) is 0 Å².